The zero-order valence-corrected chi connectivity index (χ0v) is 12.4. The van der Waals surface area contributed by atoms with Crippen LogP contribution in [0.25, 0.3) is 0 Å². The van der Waals surface area contributed by atoms with Crippen molar-refractivity contribution in [3.8, 4) is 0 Å². The van der Waals surface area contributed by atoms with E-state index in [1.54, 1.807) is 0 Å². The molecule has 1 heterocycles. The first-order chi connectivity index (χ1) is 9.96. The first-order valence-corrected chi connectivity index (χ1v) is 7.33. The molecule has 0 bridgehead atoms. The summed E-state index contributed by atoms with van der Waals surface area (Å²) in [6, 6.07) is 0. The number of carboxylic acids is 1. The van der Waals surface area contributed by atoms with Crippen molar-refractivity contribution in [1.29, 1.82) is 0 Å². The molecule has 1 aliphatic rings. The first kappa shape index (κ1) is 17.4. The van der Waals surface area contributed by atoms with Gasteiger partial charge in [-0.3, -0.25) is 9.59 Å². The van der Waals surface area contributed by atoms with Crippen molar-refractivity contribution in [3.63, 3.8) is 0 Å². The molecule has 0 unspecified atom stereocenters. The third-order valence-corrected chi connectivity index (χ3v) is 3.59. The van der Waals surface area contributed by atoms with Gasteiger partial charge in [-0.25, -0.2) is 4.79 Å². The van der Waals surface area contributed by atoms with Crippen LogP contribution in [-0.2, 0) is 19.1 Å². The lowest BCUT2D eigenvalue weighted by molar-refractivity contribution is -0.152. The average Bonchev–Trinajstić information content (AvgIpc) is 2.43. The van der Waals surface area contributed by atoms with Crippen LogP contribution in [0.4, 0.5) is 0 Å². The Kier molecular flexibility index (Phi) is 7.14. The summed E-state index contributed by atoms with van der Waals surface area (Å²) < 4.78 is 5.15. The SMILES string of the molecule is CC(=O)NCCCCCC(=O)NC1(C(=O)O)CCOCC1. The summed E-state index contributed by atoms with van der Waals surface area (Å²) in [6.45, 7) is 2.77. The first-order valence-electron chi connectivity index (χ1n) is 7.33. The lowest BCUT2D eigenvalue weighted by atomic mass is 9.90. The van der Waals surface area contributed by atoms with Crippen molar-refractivity contribution in [3.05, 3.63) is 0 Å². The molecular weight excluding hydrogens is 276 g/mol. The number of rotatable bonds is 8. The minimum absolute atomic E-state index is 0.0596. The fourth-order valence-corrected chi connectivity index (χ4v) is 2.29. The standard InChI is InChI=1S/C14H24N2O5/c1-11(17)15-8-4-2-3-5-12(18)16-14(13(19)20)6-9-21-10-7-14/h2-10H2,1H3,(H,15,17)(H,16,18)(H,19,20). The lowest BCUT2D eigenvalue weighted by Gasteiger charge is -2.33. The molecule has 1 aliphatic heterocycles. The molecule has 0 aromatic rings. The van der Waals surface area contributed by atoms with E-state index in [1.165, 1.54) is 6.92 Å². The van der Waals surface area contributed by atoms with E-state index in [9.17, 15) is 19.5 Å². The molecule has 21 heavy (non-hydrogen) atoms. The molecule has 0 saturated carbocycles. The summed E-state index contributed by atoms with van der Waals surface area (Å²) >= 11 is 0. The molecule has 7 nitrogen and oxygen atoms in total. The largest absolute Gasteiger partial charge is 0.480 e. The highest BCUT2D eigenvalue weighted by atomic mass is 16.5. The minimum Gasteiger partial charge on any atom is -0.480 e. The van der Waals surface area contributed by atoms with Gasteiger partial charge in [-0.1, -0.05) is 6.42 Å². The van der Waals surface area contributed by atoms with Crippen LogP contribution in [0.2, 0.25) is 0 Å². The van der Waals surface area contributed by atoms with Gasteiger partial charge in [0.05, 0.1) is 0 Å². The summed E-state index contributed by atoms with van der Waals surface area (Å²) in [6.07, 6.45) is 3.21. The second kappa shape index (κ2) is 8.61. The second-order valence-corrected chi connectivity index (χ2v) is 5.34. The number of hydrogen-bond donors (Lipinski definition) is 3. The highest BCUT2D eigenvalue weighted by molar-refractivity contribution is 5.87. The molecular formula is C14H24N2O5. The summed E-state index contributed by atoms with van der Waals surface area (Å²) in [5, 5.41) is 14.7. The van der Waals surface area contributed by atoms with E-state index in [0.29, 0.717) is 45.4 Å². The fourth-order valence-electron chi connectivity index (χ4n) is 2.29. The maximum atomic E-state index is 11.9. The van der Waals surface area contributed by atoms with E-state index in [1.807, 2.05) is 0 Å². The average molecular weight is 300 g/mol. The van der Waals surface area contributed by atoms with Crippen LogP contribution in [0.15, 0.2) is 0 Å². The molecule has 0 radical (unpaired) electrons. The Hall–Kier alpha value is -1.63. The number of aliphatic carboxylic acids is 1. The zero-order chi connectivity index (χ0) is 15.7. The highest BCUT2D eigenvalue weighted by Gasteiger charge is 2.41. The number of ether oxygens (including phenoxy) is 1. The molecule has 0 aromatic carbocycles. The van der Waals surface area contributed by atoms with E-state index in [-0.39, 0.29) is 11.8 Å². The van der Waals surface area contributed by atoms with Crippen molar-refractivity contribution >= 4 is 17.8 Å². The van der Waals surface area contributed by atoms with Crippen LogP contribution in [0.1, 0.15) is 45.4 Å². The van der Waals surface area contributed by atoms with Gasteiger partial charge in [0.15, 0.2) is 0 Å². The van der Waals surface area contributed by atoms with Gasteiger partial charge >= 0.3 is 5.97 Å². The van der Waals surface area contributed by atoms with Gasteiger partial charge < -0.3 is 20.5 Å². The smallest absolute Gasteiger partial charge is 0.329 e. The summed E-state index contributed by atoms with van der Waals surface area (Å²) in [7, 11) is 0. The zero-order valence-electron chi connectivity index (χ0n) is 12.4. The van der Waals surface area contributed by atoms with Crippen LogP contribution in [0.3, 0.4) is 0 Å². The Morgan fingerprint density at radius 2 is 1.81 bits per heavy atom. The van der Waals surface area contributed by atoms with Crippen LogP contribution in [-0.4, -0.2) is 48.2 Å². The molecule has 1 fully saturated rings. The predicted molar refractivity (Wildman–Crippen MR) is 75.7 cm³/mol. The summed E-state index contributed by atoms with van der Waals surface area (Å²) in [5.41, 5.74) is -1.18. The van der Waals surface area contributed by atoms with Crippen LogP contribution >= 0.6 is 0 Å². The number of unbranched alkanes of at least 4 members (excludes halogenated alkanes) is 2. The Morgan fingerprint density at radius 1 is 1.14 bits per heavy atom. The number of nitrogens with one attached hydrogen (secondary N) is 2. The predicted octanol–water partition coefficient (Wildman–Crippen LogP) is 0.433. The number of hydrogen-bond acceptors (Lipinski definition) is 4. The molecule has 0 atom stereocenters. The molecule has 120 valence electrons. The summed E-state index contributed by atoms with van der Waals surface area (Å²) in [4.78, 5) is 33.9. The topological polar surface area (TPSA) is 105 Å². The Labute approximate surface area is 124 Å². The van der Waals surface area contributed by atoms with Crippen molar-refractivity contribution in [2.24, 2.45) is 0 Å². The molecule has 2 amide bonds. The molecule has 7 heteroatoms. The molecule has 0 aliphatic carbocycles. The van der Waals surface area contributed by atoms with Gasteiger partial charge in [-0.2, -0.15) is 0 Å². The second-order valence-electron chi connectivity index (χ2n) is 5.34. The lowest BCUT2D eigenvalue weighted by Crippen LogP contribution is -2.57. The highest BCUT2D eigenvalue weighted by Crippen LogP contribution is 2.21. The number of carbonyl (C=O) groups is 3. The molecule has 3 N–H and O–H groups in total. The van der Waals surface area contributed by atoms with Crippen molar-refractivity contribution in [2.45, 2.75) is 51.0 Å². The summed E-state index contributed by atoms with van der Waals surface area (Å²) in [5.74, 6) is -1.29. The minimum atomic E-state index is -1.18. The maximum Gasteiger partial charge on any atom is 0.329 e. The van der Waals surface area contributed by atoms with E-state index in [0.717, 1.165) is 12.8 Å². The number of carboxylic acid groups (broad SMARTS) is 1. The quantitative estimate of drug-likeness (QED) is 0.564. The normalized spacial score (nSPS) is 17.0. The monoisotopic (exact) mass is 300 g/mol. The third-order valence-electron chi connectivity index (χ3n) is 3.59. The van der Waals surface area contributed by atoms with Gasteiger partial charge in [0.25, 0.3) is 0 Å². The van der Waals surface area contributed by atoms with Crippen molar-refractivity contribution < 1.29 is 24.2 Å². The van der Waals surface area contributed by atoms with Crippen LogP contribution in [0.5, 0.6) is 0 Å². The van der Waals surface area contributed by atoms with E-state index >= 15 is 0 Å². The Morgan fingerprint density at radius 3 is 2.38 bits per heavy atom. The van der Waals surface area contributed by atoms with Gasteiger partial charge in [0, 0.05) is 45.9 Å². The molecule has 0 aromatic heterocycles. The van der Waals surface area contributed by atoms with Gasteiger partial charge in [0.1, 0.15) is 5.54 Å². The van der Waals surface area contributed by atoms with Gasteiger partial charge in [-0.05, 0) is 12.8 Å². The van der Waals surface area contributed by atoms with Crippen LogP contribution in [0, 0.1) is 0 Å². The number of amides is 2. The molecule has 0 spiro atoms. The number of carbonyl (C=O) groups excluding carboxylic acids is 2. The van der Waals surface area contributed by atoms with Gasteiger partial charge in [0.2, 0.25) is 11.8 Å². The maximum absolute atomic E-state index is 11.9. The fraction of sp³-hybridized carbons (Fsp3) is 0.786. The van der Waals surface area contributed by atoms with Gasteiger partial charge in [-0.15, -0.1) is 0 Å². The van der Waals surface area contributed by atoms with E-state index in [4.69, 9.17) is 4.74 Å². The Bertz CT molecular complexity index is 378. The molecule has 1 rings (SSSR count). The van der Waals surface area contributed by atoms with Crippen LogP contribution < -0.4 is 10.6 Å². The van der Waals surface area contributed by atoms with Crippen molar-refractivity contribution in [1.82, 2.24) is 10.6 Å². The third kappa shape index (κ3) is 6.12. The molecule has 1 saturated heterocycles. The Balaban J connectivity index is 2.25. The van der Waals surface area contributed by atoms with E-state index < -0.39 is 11.5 Å². The van der Waals surface area contributed by atoms with Crippen molar-refractivity contribution in [2.75, 3.05) is 19.8 Å². The van der Waals surface area contributed by atoms with E-state index in [2.05, 4.69) is 10.6 Å².